The number of piperidine rings is 1. The van der Waals surface area contributed by atoms with Gasteiger partial charge in [-0.1, -0.05) is 30.3 Å². The summed E-state index contributed by atoms with van der Waals surface area (Å²) in [6.07, 6.45) is 2.15. The van der Waals surface area contributed by atoms with Gasteiger partial charge in [0, 0.05) is 37.0 Å². The number of amides is 1. The summed E-state index contributed by atoms with van der Waals surface area (Å²) in [4.78, 5) is 24.7. The highest BCUT2D eigenvalue weighted by molar-refractivity contribution is 5.78. The van der Waals surface area contributed by atoms with Crippen molar-refractivity contribution >= 4 is 17.3 Å². The monoisotopic (exact) mass is 339 g/mol. The van der Waals surface area contributed by atoms with E-state index in [1.54, 1.807) is 12.1 Å². The molecule has 0 radical (unpaired) electrons. The minimum Gasteiger partial charge on any atom is -0.371 e. The van der Waals surface area contributed by atoms with Crippen molar-refractivity contribution in [3.8, 4) is 0 Å². The molecule has 0 aliphatic carbocycles. The zero-order valence-electron chi connectivity index (χ0n) is 13.9. The van der Waals surface area contributed by atoms with Crippen LogP contribution in [-0.4, -0.2) is 30.0 Å². The molecule has 130 valence electrons. The van der Waals surface area contributed by atoms with E-state index in [0.717, 1.165) is 37.2 Å². The molecule has 3 rings (SSSR count). The lowest BCUT2D eigenvalue weighted by Crippen LogP contribution is -2.45. The summed E-state index contributed by atoms with van der Waals surface area (Å²) in [7, 11) is 0. The van der Waals surface area contributed by atoms with Crippen molar-refractivity contribution in [2.45, 2.75) is 25.3 Å². The van der Waals surface area contributed by atoms with Crippen LogP contribution in [0.15, 0.2) is 54.6 Å². The lowest BCUT2D eigenvalue weighted by Gasteiger charge is -2.34. The average molecular weight is 339 g/mol. The summed E-state index contributed by atoms with van der Waals surface area (Å²) in [6.45, 7) is 1.65. The normalized spacial score (nSPS) is 15.0. The number of benzene rings is 2. The number of anilines is 1. The van der Waals surface area contributed by atoms with Gasteiger partial charge >= 0.3 is 0 Å². The van der Waals surface area contributed by atoms with Gasteiger partial charge in [0.25, 0.3) is 5.69 Å². The number of carbonyl (C=O) groups excluding carboxylic acids is 1. The van der Waals surface area contributed by atoms with Crippen LogP contribution in [0.5, 0.6) is 0 Å². The van der Waals surface area contributed by atoms with Crippen LogP contribution in [0.25, 0.3) is 0 Å². The topological polar surface area (TPSA) is 75.5 Å². The van der Waals surface area contributed by atoms with Gasteiger partial charge < -0.3 is 10.2 Å². The predicted octanol–water partition coefficient (Wildman–Crippen LogP) is 2.92. The summed E-state index contributed by atoms with van der Waals surface area (Å²) in [5.74, 6) is 0.0555. The molecule has 6 nitrogen and oxygen atoms in total. The maximum Gasteiger partial charge on any atom is 0.269 e. The van der Waals surface area contributed by atoms with Gasteiger partial charge in [0.2, 0.25) is 5.91 Å². The number of carbonyl (C=O) groups is 1. The number of rotatable bonds is 5. The molecular weight excluding hydrogens is 318 g/mol. The second kappa shape index (κ2) is 7.79. The van der Waals surface area contributed by atoms with Gasteiger partial charge in [-0.25, -0.2) is 0 Å². The van der Waals surface area contributed by atoms with Crippen molar-refractivity contribution in [1.29, 1.82) is 0 Å². The van der Waals surface area contributed by atoms with Crippen LogP contribution in [-0.2, 0) is 11.2 Å². The van der Waals surface area contributed by atoms with E-state index in [2.05, 4.69) is 10.2 Å². The molecule has 0 bridgehead atoms. The molecule has 25 heavy (non-hydrogen) atoms. The molecule has 1 amide bonds. The number of nitro benzene ring substituents is 1. The largest absolute Gasteiger partial charge is 0.371 e. The molecule has 1 N–H and O–H groups in total. The van der Waals surface area contributed by atoms with Gasteiger partial charge in [-0.15, -0.1) is 0 Å². The Balaban J connectivity index is 1.48. The summed E-state index contributed by atoms with van der Waals surface area (Å²) in [6, 6.07) is 16.5. The second-order valence-corrected chi connectivity index (χ2v) is 6.26. The molecule has 0 spiro atoms. The van der Waals surface area contributed by atoms with E-state index in [0.29, 0.717) is 6.42 Å². The Bertz CT molecular complexity index is 723. The molecule has 1 aliphatic rings. The van der Waals surface area contributed by atoms with Gasteiger partial charge in [-0.05, 0) is 30.5 Å². The predicted molar refractivity (Wildman–Crippen MR) is 96.6 cm³/mol. The highest BCUT2D eigenvalue weighted by atomic mass is 16.6. The maximum absolute atomic E-state index is 12.1. The molecule has 1 saturated heterocycles. The molecule has 2 aromatic rings. The van der Waals surface area contributed by atoms with Crippen molar-refractivity contribution in [3.05, 3.63) is 70.3 Å². The molecular formula is C19H21N3O3. The van der Waals surface area contributed by atoms with Crippen molar-refractivity contribution in [3.63, 3.8) is 0 Å². The molecule has 1 fully saturated rings. The van der Waals surface area contributed by atoms with Crippen LogP contribution in [0.2, 0.25) is 0 Å². The highest BCUT2D eigenvalue weighted by Crippen LogP contribution is 2.23. The Morgan fingerprint density at radius 2 is 1.72 bits per heavy atom. The van der Waals surface area contributed by atoms with Crippen LogP contribution in [0.3, 0.4) is 0 Å². The third kappa shape index (κ3) is 4.56. The Kier molecular flexibility index (Phi) is 5.28. The van der Waals surface area contributed by atoms with Crippen molar-refractivity contribution in [2.24, 2.45) is 0 Å². The molecule has 0 atom stereocenters. The Morgan fingerprint density at radius 1 is 1.08 bits per heavy atom. The minimum atomic E-state index is -0.391. The first-order chi connectivity index (χ1) is 12.1. The molecule has 2 aromatic carbocycles. The van der Waals surface area contributed by atoms with E-state index in [9.17, 15) is 14.9 Å². The summed E-state index contributed by atoms with van der Waals surface area (Å²) in [5.41, 5.74) is 2.11. The molecule has 0 unspecified atom stereocenters. The first-order valence-electron chi connectivity index (χ1n) is 8.44. The number of nitrogens with zero attached hydrogens (tertiary/aromatic N) is 2. The zero-order valence-corrected chi connectivity index (χ0v) is 13.9. The number of hydrogen-bond donors (Lipinski definition) is 1. The van der Waals surface area contributed by atoms with E-state index < -0.39 is 4.92 Å². The van der Waals surface area contributed by atoms with E-state index in [1.165, 1.54) is 12.1 Å². The quantitative estimate of drug-likeness (QED) is 0.671. The van der Waals surface area contributed by atoms with E-state index in [-0.39, 0.29) is 17.6 Å². The van der Waals surface area contributed by atoms with Crippen LogP contribution in [0.1, 0.15) is 18.4 Å². The van der Waals surface area contributed by atoms with Crippen LogP contribution < -0.4 is 10.2 Å². The zero-order chi connectivity index (χ0) is 17.6. The maximum atomic E-state index is 12.1. The van der Waals surface area contributed by atoms with Crippen molar-refractivity contribution in [1.82, 2.24) is 5.32 Å². The summed E-state index contributed by atoms with van der Waals surface area (Å²) >= 11 is 0. The lowest BCUT2D eigenvalue weighted by molar-refractivity contribution is -0.384. The number of nitrogens with one attached hydrogen (secondary N) is 1. The third-order valence-corrected chi connectivity index (χ3v) is 4.49. The van der Waals surface area contributed by atoms with Gasteiger partial charge in [0.05, 0.1) is 11.3 Å². The number of nitro groups is 1. The van der Waals surface area contributed by atoms with Crippen LogP contribution in [0, 0.1) is 10.1 Å². The summed E-state index contributed by atoms with van der Waals surface area (Å²) < 4.78 is 0. The average Bonchev–Trinajstić information content (AvgIpc) is 2.63. The van der Waals surface area contributed by atoms with E-state index in [1.807, 2.05) is 30.3 Å². The molecule has 0 saturated carbocycles. The Hall–Kier alpha value is -2.89. The minimum absolute atomic E-state index is 0.0555. The first-order valence-corrected chi connectivity index (χ1v) is 8.44. The SMILES string of the molecule is O=C(Cc1ccccc1)NC1CCN(c2ccc([N+](=O)[O-])cc2)CC1. The fourth-order valence-corrected chi connectivity index (χ4v) is 3.13. The number of hydrogen-bond acceptors (Lipinski definition) is 4. The van der Waals surface area contributed by atoms with Gasteiger partial charge in [0.15, 0.2) is 0 Å². The van der Waals surface area contributed by atoms with Gasteiger partial charge in [-0.3, -0.25) is 14.9 Å². The first kappa shape index (κ1) is 17.0. The van der Waals surface area contributed by atoms with Crippen LogP contribution in [0.4, 0.5) is 11.4 Å². The van der Waals surface area contributed by atoms with Gasteiger partial charge in [0.1, 0.15) is 0 Å². The second-order valence-electron chi connectivity index (χ2n) is 6.26. The Morgan fingerprint density at radius 3 is 2.32 bits per heavy atom. The molecule has 1 heterocycles. The smallest absolute Gasteiger partial charge is 0.269 e. The van der Waals surface area contributed by atoms with Crippen molar-refractivity contribution < 1.29 is 9.72 Å². The fraction of sp³-hybridized carbons (Fsp3) is 0.316. The highest BCUT2D eigenvalue weighted by Gasteiger charge is 2.21. The van der Waals surface area contributed by atoms with Gasteiger partial charge in [-0.2, -0.15) is 0 Å². The number of non-ortho nitro benzene ring substituents is 1. The Labute approximate surface area is 146 Å². The lowest BCUT2D eigenvalue weighted by atomic mass is 10.0. The van der Waals surface area contributed by atoms with E-state index >= 15 is 0 Å². The van der Waals surface area contributed by atoms with E-state index in [4.69, 9.17) is 0 Å². The van der Waals surface area contributed by atoms with Crippen LogP contribution >= 0.6 is 0 Å². The molecule has 6 heteroatoms. The third-order valence-electron chi connectivity index (χ3n) is 4.49. The summed E-state index contributed by atoms with van der Waals surface area (Å²) in [5, 5.41) is 13.8. The van der Waals surface area contributed by atoms with Crippen molar-refractivity contribution in [2.75, 3.05) is 18.0 Å². The fourth-order valence-electron chi connectivity index (χ4n) is 3.13. The standard InChI is InChI=1S/C19H21N3O3/c23-19(14-15-4-2-1-3-5-15)20-16-10-12-21(13-11-16)17-6-8-18(9-7-17)22(24)25/h1-9,16H,10-14H2,(H,20,23). The molecule has 0 aromatic heterocycles. The molecule has 1 aliphatic heterocycles.